The van der Waals surface area contributed by atoms with E-state index in [9.17, 15) is 25.3 Å². The molecular weight excluding hydrogens is 1050 g/mol. The molecule has 19 heteroatoms. The summed E-state index contributed by atoms with van der Waals surface area (Å²) in [4.78, 5) is 6.64. The lowest BCUT2D eigenvalue weighted by atomic mass is 9.99. The Kier molecular flexibility index (Phi) is 17.8. The van der Waals surface area contributed by atoms with E-state index in [1.165, 1.54) is 30.5 Å². The van der Waals surface area contributed by atoms with Crippen LogP contribution in [-0.2, 0) is 29.7 Å². The molecule has 404 valence electrons. The van der Waals surface area contributed by atoms with Crippen LogP contribution in [0.15, 0.2) is 123 Å². The number of nitrogens with zero attached hydrogens (tertiary/aromatic N) is 4. The van der Waals surface area contributed by atoms with Gasteiger partial charge in [-0.05, 0) is 160 Å². The number of anilines is 4. The first kappa shape index (κ1) is 56.3. The number of piperazine rings is 1. The first-order valence-electron chi connectivity index (χ1n) is 25.6. The van der Waals surface area contributed by atoms with E-state index in [0.29, 0.717) is 82.9 Å². The highest BCUT2D eigenvalue weighted by atomic mass is 35.5. The fourth-order valence-corrected chi connectivity index (χ4v) is 15.5. The maximum absolute atomic E-state index is 15.8. The van der Waals surface area contributed by atoms with Gasteiger partial charge in [0.15, 0.2) is 19.7 Å². The SMILES string of the molecule is Cc1c(S(C)(=O)=O)c(-c2cc(F)cc(N3CCN(c4ccc(NS(=O)(=O)c5ccc(N[C@H](CCN6CCC(NC(C)C)CC6)CCS6=CC=CC=C6)c(S(C)(=O)=O)c5)cc4)CC3)c2)c(-c2ccc(Cl)cc2)n1C(C)C. The summed E-state index contributed by atoms with van der Waals surface area (Å²) in [5, 5.41) is 12.2. The first-order valence-corrected chi connectivity index (χ1v) is 32.8. The van der Waals surface area contributed by atoms with Crippen molar-refractivity contribution in [3.05, 3.63) is 125 Å². The third-order valence-corrected chi connectivity index (χ3v) is 19.8. The topological polar surface area (TPSA) is 153 Å². The Morgan fingerprint density at radius 3 is 2.00 bits per heavy atom. The standard InChI is InChI=1S/C56H71ClFN7O6S4/c1-39(2)59-46-21-25-62(26-22-46)27-23-47(24-34-72-32-9-8-10-33-72)60-52-20-19-51(38-53(52)73(6,66)67)75(70,71)61-48-15-17-49(18-16-48)63-28-30-64(31-29-63)50-36-43(35-45(58)37-50)54-55(42-11-13-44(57)14-12-42)65(40(3)4)41(5)56(54)74(7,68)69/h8-20,32-33,35-40,46-47,59-61H,21-31,34H2,1-7H3/t47-/m1/s1. The van der Waals surface area contributed by atoms with Crippen molar-refractivity contribution in [2.45, 2.75) is 99.2 Å². The monoisotopic (exact) mass is 1120 g/mol. The van der Waals surface area contributed by atoms with Gasteiger partial charge in [0.05, 0.1) is 26.1 Å². The van der Waals surface area contributed by atoms with Gasteiger partial charge in [-0.25, -0.2) is 29.6 Å². The third-order valence-electron chi connectivity index (χ3n) is 14.1. The van der Waals surface area contributed by atoms with Crippen LogP contribution in [0.5, 0.6) is 0 Å². The van der Waals surface area contributed by atoms with E-state index >= 15 is 4.39 Å². The number of piperidine rings is 1. The van der Waals surface area contributed by atoms with Gasteiger partial charge >= 0.3 is 0 Å². The second-order valence-electron chi connectivity index (χ2n) is 20.5. The zero-order valence-electron chi connectivity index (χ0n) is 43.9. The quantitative estimate of drug-likeness (QED) is 0.0639. The number of rotatable bonds is 20. The van der Waals surface area contributed by atoms with Crippen LogP contribution < -0.4 is 25.2 Å². The Hall–Kier alpha value is -4.95. The maximum atomic E-state index is 15.8. The number of allylic oxidation sites excluding steroid dienone is 3. The first-order chi connectivity index (χ1) is 35.5. The molecule has 0 bridgehead atoms. The summed E-state index contributed by atoms with van der Waals surface area (Å²) in [5.41, 5.74) is 5.08. The van der Waals surface area contributed by atoms with Crippen molar-refractivity contribution in [2.75, 3.05) is 83.9 Å². The van der Waals surface area contributed by atoms with Crippen molar-refractivity contribution in [3.63, 3.8) is 0 Å². The second kappa shape index (κ2) is 23.7. The molecule has 2 saturated heterocycles. The van der Waals surface area contributed by atoms with Crippen molar-refractivity contribution in [3.8, 4) is 22.4 Å². The molecule has 8 rings (SSSR count). The third kappa shape index (κ3) is 14.0. The summed E-state index contributed by atoms with van der Waals surface area (Å²) in [6.45, 7) is 15.2. The van der Waals surface area contributed by atoms with Gasteiger partial charge in [0.25, 0.3) is 10.0 Å². The molecule has 2 atom stereocenters. The van der Waals surface area contributed by atoms with Gasteiger partial charge in [-0.2, -0.15) is 10.5 Å². The molecule has 0 amide bonds. The lowest BCUT2D eigenvalue weighted by Crippen LogP contribution is -2.46. The average Bonchev–Trinajstić information content (AvgIpc) is 3.73. The predicted molar refractivity (Wildman–Crippen MR) is 311 cm³/mol. The van der Waals surface area contributed by atoms with E-state index in [1.54, 1.807) is 37.3 Å². The summed E-state index contributed by atoms with van der Waals surface area (Å²) in [6, 6.07) is 24.0. The van der Waals surface area contributed by atoms with Crippen LogP contribution in [0.4, 0.5) is 27.1 Å². The number of aromatic nitrogens is 1. The van der Waals surface area contributed by atoms with Crippen molar-refractivity contribution in [2.24, 2.45) is 0 Å². The Bertz CT molecular complexity index is 3290. The number of benzene rings is 4. The number of sulfonamides is 1. The smallest absolute Gasteiger partial charge is 0.261 e. The van der Waals surface area contributed by atoms with E-state index in [4.69, 9.17) is 11.6 Å². The molecule has 75 heavy (non-hydrogen) atoms. The fraction of sp³-hybridized carbons (Fsp3) is 0.411. The minimum absolute atomic E-state index is 0.0224. The molecule has 1 unspecified atom stereocenters. The molecule has 0 spiro atoms. The molecule has 0 saturated carbocycles. The summed E-state index contributed by atoms with van der Waals surface area (Å²) < 4.78 is 102. The molecule has 3 N–H and O–H groups in total. The molecule has 2 fully saturated rings. The van der Waals surface area contributed by atoms with Gasteiger partial charge in [0, 0.05) is 103 Å². The molecule has 4 heterocycles. The van der Waals surface area contributed by atoms with Crippen LogP contribution in [0.2, 0.25) is 5.02 Å². The maximum Gasteiger partial charge on any atom is 0.261 e. The Balaban J connectivity index is 0.947. The van der Waals surface area contributed by atoms with Crippen molar-refractivity contribution >= 4 is 79.9 Å². The molecule has 3 aliphatic rings. The normalized spacial score (nSPS) is 17.5. The van der Waals surface area contributed by atoms with E-state index < -0.39 is 35.5 Å². The number of nitrogens with one attached hydrogen (secondary N) is 3. The Labute approximate surface area is 452 Å². The minimum atomic E-state index is -4.20. The van der Waals surface area contributed by atoms with Crippen LogP contribution in [0.25, 0.3) is 22.4 Å². The molecule has 1 aromatic heterocycles. The largest absolute Gasteiger partial charge is 0.381 e. The minimum Gasteiger partial charge on any atom is -0.381 e. The van der Waals surface area contributed by atoms with Crippen LogP contribution in [0, 0.1) is 12.7 Å². The molecule has 0 radical (unpaired) electrons. The molecule has 5 aromatic rings. The van der Waals surface area contributed by atoms with Gasteiger partial charge < -0.3 is 29.9 Å². The molecule has 3 aliphatic heterocycles. The lowest BCUT2D eigenvalue weighted by Gasteiger charge is -2.37. The van der Waals surface area contributed by atoms with Crippen molar-refractivity contribution in [1.29, 1.82) is 0 Å². The average molecular weight is 1120 g/mol. The van der Waals surface area contributed by atoms with Crippen LogP contribution in [0.1, 0.15) is 65.1 Å². The van der Waals surface area contributed by atoms with E-state index in [1.807, 2.05) is 54.8 Å². The predicted octanol–water partition coefficient (Wildman–Crippen LogP) is 10.6. The molecule has 0 aliphatic carbocycles. The molecule has 13 nitrogen and oxygen atoms in total. The second-order valence-corrected chi connectivity index (χ2v) is 28.5. The number of hydrogen-bond donors (Lipinski definition) is 3. The molecular formula is C56H71ClFN7O6S4. The van der Waals surface area contributed by atoms with Crippen molar-refractivity contribution in [1.82, 2.24) is 14.8 Å². The lowest BCUT2D eigenvalue weighted by molar-refractivity contribution is 0.189. The summed E-state index contributed by atoms with van der Waals surface area (Å²) in [6.07, 6.45) is 12.2. The van der Waals surface area contributed by atoms with E-state index in [2.05, 4.69) is 66.8 Å². The Morgan fingerprint density at radius 1 is 0.733 bits per heavy atom. The van der Waals surface area contributed by atoms with Gasteiger partial charge in [0.2, 0.25) is 0 Å². The number of halogens is 2. The number of likely N-dealkylation sites (tertiary alicyclic amines) is 1. The zero-order valence-corrected chi connectivity index (χ0v) is 47.9. The van der Waals surface area contributed by atoms with Gasteiger partial charge in [-0.3, -0.25) is 4.72 Å². The Morgan fingerprint density at radius 2 is 1.40 bits per heavy atom. The highest BCUT2D eigenvalue weighted by Crippen LogP contribution is 2.45. The summed E-state index contributed by atoms with van der Waals surface area (Å²) >= 11 is 6.27. The zero-order chi connectivity index (χ0) is 53.8. The van der Waals surface area contributed by atoms with Crippen LogP contribution >= 0.6 is 22.1 Å². The summed E-state index contributed by atoms with van der Waals surface area (Å²) in [7, 11) is -11.8. The van der Waals surface area contributed by atoms with Crippen molar-refractivity contribution < 1.29 is 29.6 Å². The van der Waals surface area contributed by atoms with Crippen LogP contribution in [-0.4, -0.2) is 122 Å². The highest BCUT2D eigenvalue weighted by molar-refractivity contribution is 8.17. The summed E-state index contributed by atoms with van der Waals surface area (Å²) in [5.74, 6) is 0.420. The van der Waals surface area contributed by atoms with Crippen LogP contribution in [0.3, 0.4) is 0 Å². The molecule has 4 aromatic carbocycles. The number of hydrogen-bond acceptors (Lipinski definition) is 11. The number of sulfone groups is 2. The van der Waals surface area contributed by atoms with Gasteiger partial charge in [-0.1, -0.05) is 55.8 Å². The van der Waals surface area contributed by atoms with Gasteiger partial charge in [-0.15, -0.1) is 0 Å². The van der Waals surface area contributed by atoms with E-state index in [-0.39, 0.29) is 37.3 Å². The highest BCUT2D eigenvalue weighted by Gasteiger charge is 2.31. The fourth-order valence-electron chi connectivity index (χ4n) is 10.6. The van der Waals surface area contributed by atoms with E-state index in [0.717, 1.165) is 68.6 Å². The van der Waals surface area contributed by atoms with Gasteiger partial charge in [0.1, 0.15) is 5.82 Å².